The number of aromatic nitrogens is 3. The lowest BCUT2D eigenvalue weighted by molar-refractivity contribution is -0.122. The quantitative estimate of drug-likeness (QED) is 0.781. The van der Waals surface area contributed by atoms with Crippen molar-refractivity contribution < 1.29 is 4.79 Å². The zero-order valence-electron chi connectivity index (χ0n) is 15.3. The Hall–Kier alpha value is -1.73. The molecule has 2 aliphatic rings. The number of amides is 1. The van der Waals surface area contributed by atoms with E-state index in [-0.39, 0.29) is 11.4 Å². The SMILES string of the molecule is C[C@@](NCc1ccsc1)(c1cn(C2(C(N)=O)CC2)nn1)C1CCCCC1. The molecule has 2 heterocycles. The highest BCUT2D eigenvalue weighted by Gasteiger charge is 2.52. The molecular formula is C19H27N5OS. The predicted molar refractivity (Wildman–Crippen MR) is 102 cm³/mol. The maximum absolute atomic E-state index is 11.8. The van der Waals surface area contributed by atoms with Crippen LogP contribution in [0, 0.1) is 5.92 Å². The van der Waals surface area contributed by atoms with E-state index in [0.29, 0.717) is 5.92 Å². The maximum Gasteiger partial charge on any atom is 0.245 e. The second kappa shape index (κ2) is 6.78. The summed E-state index contributed by atoms with van der Waals surface area (Å²) in [5, 5.41) is 16.9. The first-order valence-corrected chi connectivity index (χ1v) is 10.5. The molecule has 26 heavy (non-hydrogen) atoms. The number of carbonyl (C=O) groups is 1. The van der Waals surface area contributed by atoms with Crippen LogP contribution in [-0.2, 0) is 22.4 Å². The number of hydrogen-bond donors (Lipinski definition) is 2. The van der Waals surface area contributed by atoms with Gasteiger partial charge in [0.15, 0.2) is 0 Å². The molecule has 4 rings (SSSR count). The van der Waals surface area contributed by atoms with Gasteiger partial charge in [-0.25, -0.2) is 4.68 Å². The van der Waals surface area contributed by atoms with Crippen LogP contribution in [0.25, 0.3) is 0 Å². The Balaban J connectivity index is 1.62. The Bertz CT molecular complexity index is 761. The topological polar surface area (TPSA) is 85.8 Å². The molecule has 7 heteroatoms. The highest BCUT2D eigenvalue weighted by Crippen LogP contribution is 2.44. The summed E-state index contributed by atoms with van der Waals surface area (Å²) in [4.78, 5) is 11.8. The Labute approximate surface area is 158 Å². The van der Waals surface area contributed by atoms with E-state index >= 15 is 0 Å². The van der Waals surface area contributed by atoms with Crippen molar-refractivity contribution in [2.24, 2.45) is 11.7 Å². The number of rotatable bonds is 7. The van der Waals surface area contributed by atoms with E-state index in [9.17, 15) is 4.79 Å². The number of nitrogens with zero attached hydrogens (tertiary/aromatic N) is 3. The highest BCUT2D eigenvalue weighted by atomic mass is 32.1. The van der Waals surface area contributed by atoms with Crippen LogP contribution in [-0.4, -0.2) is 20.9 Å². The zero-order valence-corrected chi connectivity index (χ0v) is 16.1. The Kier molecular flexibility index (Phi) is 4.61. The molecule has 2 aliphatic carbocycles. The van der Waals surface area contributed by atoms with Gasteiger partial charge < -0.3 is 11.1 Å². The lowest BCUT2D eigenvalue weighted by atomic mass is 9.74. The summed E-state index contributed by atoms with van der Waals surface area (Å²) >= 11 is 1.72. The van der Waals surface area contributed by atoms with Crippen molar-refractivity contribution in [3.63, 3.8) is 0 Å². The minimum atomic E-state index is -0.647. The number of thiophene rings is 1. The number of nitrogens with one attached hydrogen (secondary N) is 1. The van der Waals surface area contributed by atoms with Crippen LogP contribution >= 0.6 is 11.3 Å². The Morgan fingerprint density at radius 2 is 2.19 bits per heavy atom. The van der Waals surface area contributed by atoms with Crippen molar-refractivity contribution >= 4 is 17.2 Å². The average Bonchev–Trinajstić information content (AvgIpc) is 3.08. The molecule has 6 nitrogen and oxygen atoms in total. The van der Waals surface area contributed by atoms with Gasteiger partial charge in [-0.1, -0.05) is 24.5 Å². The van der Waals surface area contributed by atoms with Crippen molar-refractivity contribution in [1.82, 2.24) is 20.3 Å². The first kappa shape index (κ1) is 17.7. The van der Waals surface area contributed by atoms with Crippen LogP contribution in [0.15, 0.2) is 23.0 Å². The second-order valence-electron chi connectivity index (χ2n) is 7.97. The fourth-order valence-corrected chi connectivity index (χ4v) is 4.89. The van der Waals surface area contributed by atoms with E-state index in [2.05, 4.69) is 39.4 Å². The molecule has 2 saturated carbocycles. The minimum absolute atomic E-state index is 0.256. The summed E-state index contributed by atoms with van der Waals surface area (Å²) in [6.07, 6.45) is 9.70. The molecule has 2 aromatic heterocycles. The van der Waals surface area contributed by atoms with E-state index in [1.54, 1.807) is 16.0 Å². The maximum atomic E-state index is 11.8. The van der Waals surface area contributed by atoms with E-state index in [0.717, 1.165) is 25.1 Å². The first-order chi connectivity index (χ1) is 12.5. The highest BCUT2D eigenvalue weighted by molar-refractivity contribution is 7.07. The molecule has 0 saturated heterocycles. The van der Waals surface area contributed by atoms with Gasteiger partial charge in [0.1, 0.15) is 11.2 Å². The monoisotopic (exact) mass is 373 g/mol. The average molecular weight is 374 g/mol. The van der Waals surface area contributed by atoms with E-state index in [1.807, 2.05) is 6.20 Å². The summed E-state index contributed by atoms with van der Waals surface area (Å²) in [5.41, 5.74) is 6.92. The standard InChI is InChI=1S/C19H27N5OS/c1-18(15-5-3-2-4-6-15,21-11-14-7-10-26-13-14)16-12-24(23-22-16)19(8-9-19)17(20)25/h7,10,12-13,15,21H,2-6,8-9,11H2,1H3,(H2,20,25)/t18-/m0/s1. The minimum Gasteiger partial charge on any atom is -0.368 e. The molecular weight excluding hydrogens is 346 g/mol. The normalized spacial score (nSPS) is 22.0. The van der Waals surface area contributed by atoms with E-state index < -0.39 is 5.54 Å². The predicted octanol–water partition coefficient (Wildman–Crippen LogP) is 2.90. The molecule has 3 N–H and O–H groups in total. The van der Waals surface area contributed by atoms with Gasteiger partial charge in [0.05, 0.1) is 11.7 Å². The third kappa shape index (κ3) is 3.07. The molecule has 0 radical (unpaired) electrons. The molecule has 0 unspecified atom stereocenters. The summed E-state index contributed by atoms with van der Waals surface area (Å²) in [6.45, 7) is 3.05. The fourth-order valence-electron chi connectivity index (χ4n) is 4.22. The number of primary amides is 1. The van der Waals surface area contributed by atoms with Crippen LogP contribution in [0.4, 0.5) is 0 Å². The van der Waals surface area contributed by atoms with Gasteiger partial charge in [-0.3, -0.25) is 4.79 Å². The summed E-state index contributed by atoms with van der Waals surface area (Å²) < 4.78 is 1.71. The van der Waals surface area contributed by atoms with Gasteiger partial charge in [0.25, 0.3) is 0 Å². The third-order valence-electron chi connectivity index (χ3n) is 6.31. The lowest BCUT2D eigenvalue weighted by Gasteiger charge is -2.39. The van der Waals surface area contributed by atoms with Gasteiger partial charge in [-0.2, -0.15) is 11.3 Å². The van der Waals surface area contributed by atoms with Gasteiger partial charge in [0, 0.05) is 6.54 Å². The number of hydrogen-bond acceptors (Lipinski definition) is 5. The smallest absolute Gasteiger partial charge is 0.245 e. The summed E-state index contributed by atoms with van der Waals surface area (Å²) in [5.74, 6) is 0.211. The molecule has 2 aromatic rings. The number of carbonyl (C=O) groups excluding carboxylic acids is 1. The second-order valence-corrected chi connectivity index (χ2v) is 8.75. The van der Waals surface area contributed by atoms with Crippen molar-refractivity contribution in [3.05, 3.63) is 34.3 Å². The molecule has 1 amide bonds. The van der Waals surface area contributed by atoms with Crippen LogP contribution in [0.5, 0.6) is 0 Å². The third-order valence-corrected chi connectivity index (χ3v) is 7.04. The summed E-state index contributed by atoms with van der Waals surface area (Å²) in [6, 6.07) is 2.15. The Morgan fingerprint density at radius 1 is 1.42 bits per heavy atom. The van der Waals surface area contributed by atoms with Gasteiger partial charge in [0.2, 0.25) is 5.91 Å². The van der Waals surface area contributed by atoms with E-state index in [4.69, 9.17) is 5.73 Å². The zero-order chi connectivity index (χ0) is 18.2. The van der Waals surface area contributed by atoms with Crippen LogP contribution in [0.2, 0.25) is 0 Å². The molecule has 0 aliphatic heterocycles. The molecule has 0 bridgehead atoms. The van der Waals surface area contributed by atoms with Crippen LogP contribution in [0.3, 0.4) is 0 Å². The van der Waals surface area contributed by atoms with Gasteiger partial charge in [-0.05, 0) is 60.9 Å². The van der Waals surface area contributed by atoms with E-state index in [1.165, 1.54) is 37.7 Å². The molecule has 0 aromatic carbocycles. The first-order valence-electron chi connectivity index (χ1n) is 9.54. The van der Waals surface area contributed by atoms with Crippen molar-refractivity contribution in [3.8, 4) is 0 Å². The van der Waals surface area contributed by atoms with Crippen LogP contribution < -0.4 is 11.1 Å². The molecule has 1 atom stereocenters. The van der Waals surface area contributed by atoms with Gasteiger partial charge in [-0.15, -0.1) is 5.10 Å². The lowest BCUT2D eigenvalue weighted by Crippen LogP contribution is -2.46. The number of nitrogens with two attached hydrogens (primary N) is 1. The van der Waals surface area contributed by atoms with Crippen molar-refractivity contribution in [2.45, 2.75) is 69.5 Å². The molecule has 0 spiro atoms. The van der Waals surface area contributed by atoms with Crippen molar-refractivity contribution in [2.75, 3.05) is 0 Å². The van der Waals surface area contributed by atoms with Crippen LogP contribution in [0.1, 0.15) is 63.1 Å². The van der Waals surface area contributed by atoms with Gasteiger partial charge >= 0.3 is 0 Å². The largest absolute Gasteiger partial charge is 0.368 e. The Morgan fingerprint density at radius 3 is 2.81 bits per heavy atom. The molecule has 140 valence electrons. The summed E-state index contributed by atoms with van der Waals surface area (Å²) in [7, 11) is 0. The fraction of sp³-hybridized carbons (Fsp3) is 0.632. The molecule has 2 fully saturated rings. The van der Waals surface area contributed by atoms with Crippen molar-refractivity contribution in [1.29, 1.82) is 0 Å².